The molecule has 2 amide bonds. The van der Waals surface area contributed by atoms with Gasteiger partial charge in [-0.15, -0.1) is 23.5 Å². The molecule has 0 aliphatic rings. The van der Waals surface area contributed by atoms with Crippen LogP contribution in [0, 0.1) is 27.7 Å². The van der Waals surface area contributed by atoms with Crippen LogP contribution in [0.3, 0.4) is 0 Å². The van der Waals surface area contributed by atoms with Gasteiger partial charge in [-0.05, 0) is 98.6 Å². The van der Waals surface area contributed by atoms with Gasteiger partial charge in [-0.25, -0.2) is 0 Å². The van der Waals surface area contributed by atoms with Gasteiger partial charge in [-0.2, -0.15) is 0 Å². The van der Waals surface area contributed by atoms with E-state index in [0.717, 1.165) is 33.8 Å². The Bertz CT molecular complexity index is 833. The predicted octanol–water partition coefficient (Wildman–Crippen LogP) is 7.28. The molecule has 32 heavy (non-hydrogen) atoms. The van der Waals surface area contributed by atoms with Crippen molar-refractivity contribution in [3.05, 3.63) is 46.5 Å². The van der Waals surface area contributed by atoms with Crippen LogP contribution in [-0.2, 0) is 9.59 Å². The molecule has 2 aromatic rings. The quantitative estimate of drug-likeness (QED) is 0.217. The maximum atomic E-state index is 12.6. The van der Waals surface area contributed by atoms with Crippen molar-refractivity contribution < 1.29 is 9.59 Å². The van der Waals surface area contributed by atoms with Crippen molar-refractivity contribution in [1.29, 1.82) is 0 Å². The molecule has 6 heteroatoms. The van der Waals surface area contributed by atoms with Crippen LogP contribution in [0.5, 0.6) is 0 Å². The Morgan fingerprint density at radius 3 is 1.25 bits per heavy atom. The molecule has 0 saturated carbocycles. The van der Waals surface area contributed by atoms with Crippen LogP contribution in [0.4, 0.5) is 11.4 Å². The van der Waals surface area contributed by atoms with Crippen molar-refractivity contribution in [3.63, 3.8) is 0 Å². The number of unbranched alkanes of at least 4 members (excludes halogenated alkanes) is 2. The van der Waals surface area contributed by atoms with Crippen LogP contribution < -0.4 is 10.6 Å². The molecule has 4 nitrogen and oxygen atoms in total. The monoisotopic (exact) mass is 472 g/mol. The number of hydrogen-bond donors (Lipinski definition) is 2. The fraction of sp³-hybridized carbons (Fsp3) is 0.462. The van der Waals surface area contributed by atoms with E-state index in [4.69, 9.17) is 0 Å². The van der Waals surface area contributed by atoms with Gasteiger partial charge in [0.2, 0.25) is 0 Å². The number of benzene rings is 2. The summed E-state index contributed by atoms with van der Waals surface area (Å²) in [5, 5.41) is 5.63. The first-order chi connectivity index (χ1) is 15.3. The Morgan fingerprint density at radius 2 is 0.969 bits per heavy atom. The molecular formula is C26H36N2O2S2. The zero-order chi connectivity index (χ0) is 23.7. The fourth-order valence-corrected chi connectivity index (χ4v) is 5.80. The number of thioether (sulfide) groups is 2. The third kappa shape index (κ3) is 7.59. The van der Waals surface area contributed by atoms with E-state index < -0.39 is 11.8 Å². The number of carbonyl (C=O) groups excluding carboxylic acids is 2. The number of amides is 2. The van der Waals surface area contributed by atoms with Gasteiger partial charge < -0.3 is 10.6 Å². The highest BCUT2D eigenvalue weighted by Crippen LogP contribution is 2.30. The highest BCUT2D eigenvalue weighted by molar-refractivity contribution is 7.99. The average molecular weight is 473 g/mol. The largest absolute Gasteiger partial charge is 0.317 e. The summed E-state index contributed by atoms with van der Waals surface area (Å²) in [4.78, 5) is 27.7. The lowest BCUT2D eigenvalue weighted by Crippen LogP contribution is -2.30. The smallest absolute Gasteiger partial charge is 0.314 e. The molecule has 0 spiro atoms. The molecule has 0 aliphatic carbocycles. The molecule has 2 aromatic carbocycles. The van der Waals surface area contributed by atoms with Gasteiger partial charge in [-0.3, -0.25) is 9.59 Å². The summed E-state index contributed by atoms with van der Waals surface area (Å²) in [5.74, 6) is 0.862. The maximum Gasteiger partial charge on any atom is 0.314 e. The van der Waals surface area contributed by atoms with E-state index >= 15 is 0 Å². The third-order valence-corrected chi connectivity index (χ3v) is 7.35. The van der Waals surface area contributed by atoms with E-state index in [1.165, 1.54) is 35.5 Å². The van der Waals surface area contributed by atoms with Crippen molar-refractivity contribution in [2.45, 2.75) is 77.0 Å². The number of aryl methyl sites for hydroxylation is 4. The van der Waals surface area contributed by atoms with Crippen LogP contribution >= 0.6 is 23.5 Å². The lowest BCUT2D eigenvalue weighted by molar-refractivity contribution is -0.133. The lowest BCUT2D eigenvalue weighted by Gasteiger charge is -2.16. The summed E-state index contributed by atoms with van der Waals surface area (Å²) in [7, 11) is 0. The average Bonchev–Trinajstić information content (AvgIpc) is 2.73. The molecule has 0 aromatic heterocycles. The van der Waals surface area contributed by atoms with Gasteiger partial charge in [0.05, 0.1) is 0 Å². The van der Waals surface area contributed by atoms with E-state index in [2.05, 4.69) is 48.7 Å². The van der Waals surface area contributed by atoms with Crippen molar-refractivity contribution in [1.82, 2.24) is 0 Å². The second-order valence-electron chi connectivity index (χ2n) is 8.18. The predicted molar refractivity (Wildman–Crippen MR) is 140 cm³/mol. The summed E-state index contributed by atoms with van der Waals surface area (Å²) in [6, 6.07) is 8.29. The Labute approximate surface area is 201 Å². The van der Waals surface area contributed by atoms with Gasteiger partial charge in [0, 0.05) is 21.2 Å². The second kappa shape index (κ2) is 12.9. The van der Waals surface area contributed by atoms with Crippen molar-refractivity contribution >= 4 is 46.7 Å². The Kier molecular flexibility index (Phi) is 10.7. The minimum Gasteiger partial charge on any atom is -0.317 e. The number of carbonyl (C=O) groups is 2. The molecule has 174 valence electrons. The second-order valence-corrected chi connectivity index (χ2v) is 10.5. The maximum absolute atomic E-state index is 12.6. The van der Waals surface area contributed by atoms with Crippen LogP contribution in [0.2, 0.25) is 0 Å². The Hall–Kier alpha value is -1.92. The number of rotatable bonds is 10. The van der Waals surface area contributed by atoms with Gasteiger partial charge >= 0.3 is 11.8 Å². The van der Waals surface area contributed by atoms with Gasteiger partial charge in [0.1, 0.15) is 0 Å². The Balaban J connectivity index is 2.06. The first kappa shape index (κ1) is 26.3. The molecule has 2 rings (SSSR count). The fourth-order valence-electron chi connectivity index (χ4n) is 3.42. The van der Waals surface area contributed by atoms with E-state index in [0.29, 0.717) is 11.4 Å². The van der Waals surface area contributed by atoms with E-state index in [1.807, 2.05) is 51.2 Å². The van der Waals surface area contributed by atoms with Crippen molar-refractivity contribution in [2.24, 2.45) is 0 Å². The van der Waals surface area contributed by atoms with E-state index in [9.17, 15) is 9.59 Å². The summed E-state index contributed by atoms with van der Waals surface area (Å²) in [6.07, 6.45) is 4.71. The van der Waals surface area contributed by atoms with Crippen LogP contribution in [0.15, 0.2) is 34.1 Å². The molecule has 0 unspecified atom stereocenters. The summed E-state index contributed by atoms with van der Waals surface area (Å²) in [5.41, 5.74) is 5.27. The SMILES string of the molecule is CCCCSc1cc(C)c(NC(=O)C(=O)Nc2c(C)cc(SCCCC)cc2C)c(C)c1. The first-order valence-electron chi connectivity index (χ1n) is 11.4. The minimum absolute atomic E-state index is 0.650. The van der Waals surface area contributed by atoms with Crippen molar-refractivity contribution in [3.8, 4) is 0 Å². The normalized spacial score (nSPS) is 10.8. The van der Waals surface area contributed by atoms with Crippen LogP contribution in [0.1, 0.15) is 61.8 Å². The van der Waals surface area contributed by atoms with Gasteiger partial charge in [0.15, 0.2) is 0 Å². The van der Waals surface area contributed by atoms with E-state index in [1.54, 1.807) is 0 Å². The zero-order valence-electron chi connectivity index (χ0n) is 20.2. The summed E-state index contributed by atoms with van der Waals surface area (Å²) < 4.78 is 0. The molecule has 0 heterocycles. The lowest BCUT2D eigenvalue weighted by atomic mass is 10.1. The van der Waals surface area contributed by atoms with Crippen LogP contribution in [-0.4, -0.2) is 23.3 Å². The minimum atomic E-state index is -0.650. The number of hydrogen-bond acceptors (Lipinski definition) is 4. The van der Waals surface area contributed by atoms with E-state index in [-0.39, 0.29) is 0 Å². The zero-order valence-corrected chi connectivity index (χ0v) is 21.8. The summed E-state index contributed by atoms with van der Waals surface area (Å²) >= 11 is 3.65. The third-order valence-electron chi connectivity index (χ3n) is 5.23. The number of anilines is 2. The molecular weight excluding hydrogens is 436 g/mol. The highest BCUT2D eigenvalue weighted by Gasteiger charge is 2.18. The molecule has 0 bridgehead atoms. The highest BCUT2D eigenvalue weighted by atomic mass is 32.2. The molecule has 0 radical (unpaired) electrons. The summed E-state index contributed by atoms with van der Waals surface area (Å²) in [6.45, 7) is 12.2. The standard InChI is InChI=1S/C26H36N2O2S2/c1-7-9-11-31-21-13-17(3)23(18(4)14-21)27-25(29)26(30)28-24-19(5)15-22(16-20(24)6)32-12-10-8-2/h13-16H,7-12H2,1-6H3,(H,27,29)(H,28,30). The topological polar surface area (TPSA) is 58.2 Å². The van der Waals surface area contributed by atoms with Gasteiger partial charge in [0.25, 0.3) is 0 Å². The Morgan fingerprint density at radius 1 is 0.656 bits per heavy atom. The number of nitrogens with one attached hydrogen (secondary N) is 2. The molecule has 0 atom stereocenters. The molecule has 0 saturated heterocycles. The van der Waals surface area contributed by atoms with Crippen LogP contribution in [0.25, 0.3) is 0 Å². The molecule has 0 fully saturated rings. The first-order valence-corrected chi connectivity index (χ1v) is 13.3. The molecule has 2 N–H and O–H groups in total. The molecule has 0 aliphatic heterocycles. The van der Waals surface area contributed by atoms with Crippen molar-refractivity contribution in [2.75, 3.05) is 22.1 Å². The van der Waals surface area contributed by atoms with Gasteiger partial charge in [-0.1, -0.05) is 26.7 Å².